The Morgan fingerprint density at radius 3 is 2.31 bits per heavy atom. The molecule has 0 aromatic heterocycles. The normalized spacial score (nSPS) is 20.2. The van der Waals surface area contributed by atoms with E-state index in [0.717, 1.165) is 38.2 Å². The minimum absolute atomic E-state index is 0.0411. The van der Waals surface area contributed by atoms with Crippen molar-refractivity contribution in [3.63, 3.8) is 0 Å². The molecule has 1 saturated carbocycles. The summed E-state index contributed by atoms with van der Waals surface area (Å²) in [7, 11) is 0. The number of nitrogens with zero attached hydrogens (tertiary/aromatic N) is 2. The second-order valence-corrected chi connectivity index (χ2v) is 9.12. The van der Waals surface area contributed by atoms with Crippen LogP contribution in [0.5, 0.6) is 0 Å². The molecule has 1 N–H and O–H groups in total. The molecule has 0 radical (unpaired) electrons. The third-order valence-corrected chi connectivity index (χ3v) is 6.89. The molecule has 2 aliphatic rings. The molecule has 2 fully saturated rings. The number of rotatable bonds is 7. The van der Waals surface area contributed by atoms with Gasteiger partial charge in [-0.1, -0.05) is 45.2 Å². The smallest absolute Gasteiger partial charge is 0.354 e. The van der Waals surface area contributed by atoms with Gasteiger partial charge in [-0.3, -0.25) is 14.5 Å². The van der Waals surface area contributed by atoms with Crippen LogP contribution in [-0.2, 0) is 11.0 Å². The summed E-state index contributed by atoms with van der Waals surface area (Å²) >= 11 is 0. The zero-order chi connectivity index (χ0) is 23.3. The van der Waals surface area contributed by atoms with Gasteiger partial charge in [0.2, 0.25) is 5.91 Å². The van der Waals surface area contributed by atoms with Crippen LogP contribution in [0.4, 0.5) is 13.2 Å². The van der Waals surface area contributed by atoms with Crippen molar-refractivity contribution in [2.75, 3.05) is 32.7 Å². The summed E-state index contributed by atoms with van der Waals surface area (Å²) in [6.07, 6.45) is 0.682. The fourth-order valence-electron chi connectivity index (χ4n) is 4.77. The minimum Gasteiger partial charge on any atom is -0.354 e. The number of halogens is 3. The standard InChI is InChI=1S/C24H34F3N3O2/c1-3-17(2)16-28-22(31)21(18-8-4-5-9-18)29-12-14-30(15-13-29)23(32)19-10-6-7-11-20(19)24(25,26)27/h6-7,10-11,17-18,21H,3-5,8-9,12-16H2,1-2H3,(H,28,31). The summed E-state index contributed by atoms with van der Waals surface area (Å²) in [5.41, 5.74) is -1.22. The van der Waals surface area contributed by atoms with Crippen LogP contribution in [0.15, 0.2) is 24.3 Å². The van der Waals surface area contributed by atoms with Crippen LogP contribution in [0.2, 0.25) is 0 Å². The Balaban J connectivity index is 1.67. The maximum Gasteiger partial charge on any atom is 0.417 e. The molecular formula is C24H34F3N3O2. The van der Waals surface area contributed by atoms with E-state index in [4.69, 9.17) is 0 Å². The van der Waals surface area contributed by atoms with Crippen molar-refractivity contribution in [2.45, 2.75) is 58.2 Å². The van der Waals surface area contributed by atoms with Gasteiger partial charge in [-0.05, 0) is 36.8 Å². The van der Waals surface area contributed by atoms with E-state index in [2.05, 4.69) is 24.1 Å². The van der Waals surface area contributed by atoms with Crippen molar-refractivity contribution in [3.8, 4) is 0 Å². The maximum atomic E-state index is 13.3. The molecule has 1 aromatic carbocycles. The summed E-state index contributed by atoms with van der Waals surface area (Å²) < 4.78 is 40.0. The summed E-state index contributed by atoms with van der Waals surface area (Å²) in [5.74, 6) is 0.141. The minimum atomic E-state index is -4.57. The van der Waals surface area contributed by atoms with Crippen LogP contribution in [0, 0.1) is 11.8 Å². The van der Waals surface area contributed by atoms with Crippen molar-refractivity contribution in [1.29, 1.82) is 0 Å². The van der Waals surface area contributed by atoms with Gasteiger partial charge in [0, 0.05) is 32.7 Å². The number of hydrogen-bond acceptors (Lipinski definition) is 3. The molecule has 0 bridgehead atoms. The molecule has 1 aliphatic carbocycles. The fraction of sp³-hybridized carbons (Fsp3) is 0.667. The largest absolute Gasteiger partial charge is 0.417 e. The first-order valence-electron chi connectivity index (χ1n) is 11.7. The van der Waals surface area contributed by atoms with Gasteiger partial charge in [-0.15, -0.1) is 0 Å². The summed E-state index contributed by atoms with van der Waals surface area (Å²) in [6.45, 7) is 6.44. The molecule has 1 aromatic rings. The van der Waals surface area contributed by atoms with Crippen molar-refractivity contribution in [2.24, 2.45) is 11.8 Å². The molecule has 0 spiro atoms. The fourth-order valence-corrected chi connectivity index (χ4v) is 4.77. The lowest BCUT2D eigenvalue weighted by Gasteiger charge is -2.41. The van der Waals surface area contributed by atoms with Gasteiger partial charge < -0.3 is 10.2 Å². The summed E-state index contributed by atoms with van der Waals surface area (Å²) in [5, 5.41) is 3.11. The summed E-state index contributed by atoms with van der Waals surface area (Å²) in [6, 6.07) is 4.70. The number of carbonyl (C=O) groups excluding carboxylic acids is 2. The highest BCUT2D eigenvalue weighted by molar-refractivity contribution is 5.96. The number of carbonyl (C=O) groups is 2. The maximum absolute atomic E-state index is 13.3. The van der Waals surface area contributed by atoms with E-state index >= 15 is 0 Å². The second kappa shape index (κ2) is 10.7. The van der Waals surface area contributed by atoms with Gasteiger partial charge in [0.05, 0.1) is 17.2 Å². The highest BCUT2D eigenvalue weighted by Gasteiger charge is 2.39. The molecule has 1 heterocycles. The van der Waals surface area contributed by atoms with E-state index < -0.39 is 17.6 Å². The lowest BCUT2D eigenvalue weighted by atomic mass is 9.94. The first-order chi connectivity index (χ1) is 15.2. The highest BCUT2D eigenvalue weighted by atomic mass is 19.4. The molecular weight excluding hydrogens is 419 g/mol. The Morgan fingerprint density at radius 2 is 1.72 bits per heavy atom. The summed E-state index contributed by atoms with van der Waals surface area (Å²) in [4.78, 5) is 29.6. The number of amides is 2. The number of nitrogens with one attached hydrogen (secondary N) is 1. The van der Waals surface area contributed by atoms with Crippen molar-refractivity contribution in [3.05, 3.63) is 35.4 Å². The topological polar surface area (TPSA) is 52.7 Å². The van der Waals surface area contributed by atoms with E-state index in [1.165, 1.54) is 23.1 Å². The van der Waals surface area contributed by atoms with Crippen molar-refractivity contribution < 1.29 is 22.8 Å². The average molecular weight is 454 g/mol. The molecule has 2 amide bonds. The molecule has 32 heavy (non-hydrogen) atoms. The molecule has 1 aliphatic heterocycles. The molecule has 3 rings (SSSR count). The lowest BCUT2D eigenvalue weighted by molar-refractivity contribution is -0.138. The zero-order valence-electron chi connectivity index (χ0n) is 19.0. The van der Waals surface area contributed by atoms with Gasteiger partial charge in [0.25, 0.3) is 5.91 Å². The molecule has 178 valence electrons. The van der Waals surface area contributed by atoms with E-state index in [9.17, 15) is 22.8 Å². The predicted octanol–water partition coefficient (Wildman–Crippen LogP) is 4.18. The molecule has 2 atom stereocenters. The molecule has 2 unspecified atom stereocenters. The monoisotopic (exact) mass is 453 g/mol. The van der Waals surface area contributed by atoms with Gasteiger partial charge in [-0.2, -0.15) is 13.2 Å². The molecule has 5 nitrogen and oxygen atoms in total. The van der Waals surface area contributed by atoms with Crippen LogP contribution in [0.3, 0.4) is 0 Å². The van der Waals surface area contributed by atoms with Crippen LogP contribution >= 0.6 is 0 Å². The van der Waals surface area contributed by atoms with Crippen molar-refractivity contribution in [1.82, 2.24) is 15.1 Å². The van der Waals surface area contributed by atoms with E-state index in [1.54, 1.807) is 0 Å². The second-order valence-electron chi connectivity index (χ2n) is 9.12. The first-order valence-corrected chi connectivity index (χ1v) is 11.7. The average Bonchev–Trinajstić information content (AvgIpc) is 3.31. The van der Waals surface area contributed by atoms with Crippen LogP contribution in [0.25, 0.3) is 0 Å². The first kappa shape index (κ1) is 24.6. The zero-order valence-corrected chi connectivity index (χ0v) is 19.0. The number of alkyl halides is 3. The Labute approximate surface area is 188 Å². The van der Waals surface area contributed by atoms with Crippen LogP contribution in [-0.4, -0.2) is 60.4 Å². The van der Waals surface area contributed by atoms with E-state index in [0.29, 0.717) is 44.6 Å². The van der Waals surface area contributed by atoms with E-state index in [-0.39, 0.29) is 17.5 Å². The molecule has 1 saturated heterocycles. The number of piperazine rings is 1. The highest BCUT2D eigenvalue weighted by Crippen LogP contribution is 2.33. The van der Waals surface area contributed by atoms with Crippen LogP contribution in [0.1, 0.15) is 61.9 Å². The Bertz CT molecular complexity index is 785. The number of benzene rings is 1. The van der Waals surface area contributed by atoms with Gasteiger partial charge in [0.1, 0.15) is 0 Å². The lowest BCUT2D eigenvalue weighted by Crippen LogP contribution is -2.58. The quantitative estimate of drug-likeness (QED) is 0.674. The van der Waals surface area contributed by atoms with Crippen molar-refractivity contribution >= 4 is 11.8 Å². The van der Waals surface area contributed by atoms with Gasteiger partial charge >= 0.3 is 6.18 Å². The third-order valence-electron chi connectivity index (χ3n) is 6.89. The van der Waals surface area contributed by atoms with Gasteiger partial charge in [-0.25, -0.2) is 0 Å². The molecule has 8 heteroatoms. The number of hydrogen-bond donors (Lipinski definition) is 1. The van der Waals surface area contributed by atoms with E-state index in [1.807, 2.05) is 0 Å². The third kappa shape index (κ3) is 5.82. The SMILES string of the molecule is CCC(C)CNC(=O)C(C1CCCC1)N1CCN(C(=O)c2ccccc2C(F)(F)F)CC1. The Kier molecular flexibility index (Phi) is 8.20. The van der Waals surface area contributed by atoms with Crippen LogP contribution < -0.4 is 5.32 Å². The predicted molar refractivity (Wildman–Crippen MR) is 117 cm³/mol. The van der Waals surface area contributed by atoms with Gasteiger partial charge in [0.15, 0.2) is 0 Å². The Morgan fingerprint density at radius 1 is 1.09 bits per heavy atom. The Hall–Kier alpha value is -2.09.